The number of hydrogen-bond acceptors (Lipinski definition) is 5. The van der Waals surface area contributed by atoms with Gasteiger partial charge in [0.15, 0.2) is 0 Å². The van der Waals surface area contributed by atoms with E-state index in [1.807, 2.05) is 44.3 Å². The number of fused-ring (bicyclic) bond motifs is 1. The van der Waals surface area contributed by atoms with Crippen molar-refractivity contribution in [1.29, 1.82) is 5.26 Å². The highest BCUT2D eigenvalue weighted by atomic mass is 16.1. The summed E-state index contributed by atoms with van der Waals surface area (Å²) in [5.74, 6) is 0. The zero-order valence-corrected chi connectivity index (χ0v) is 15.5. The molecule has 4 rings (SSSR count). The summed E-state index contributed by atoms with van der Waals surface area (Å²) in [6.07, 6.45) is 1.77. The third-order valence-electron chi connectivity index (χ3n) is 4.95. The average molecular weight is 370 g/mol. The lowest BCUT2D eigenvalue weighted by molar-refractivity contribution is 0.775. The molecule has 0 saturated carbocycles. The van der Waals surface area contributed by atoms with Crippen LogP contribution in [0.25, 0.3) is 33.2 Å². The van der Waals surface area contributed by atoms with Crippen LogP contribution < -0.4 is 11.3 Å². The highest BCUT2D eigenvalue weighted by Crippen LogP contribution is 2.35. The second-order valence-electron chi connectivity index (χ2n) is 6.60. The van der Waals surface area contributed by atoms with Gasteiger partial charge < -0.3 is 5.73 Å². The van der Waals surface area contributed by atoms with Gasteiger partial charge in [-0.15, -0.1) is 0 Å². The molecule has 7 heteroatoms. The van der Waals surface area contributed by atoms with Crippen LogP contribution in [0.4, 0.5) is 0 Å². The van der Waals surface area contributed by atoms with Gasteiger partial charge in [0.25, 0.3) is 5.56 Å². The van der Waals surface area contributed by atoms with E-state index < -0.39 is 0 Å². The van der Waals surface area contributed by atoms with Crippen molar-refractivity contribution in [2.45, 2.75) is 13.5 Å². The number of nitriles is 1. The molecule has 4 aromatic rings. The largest absolute Gasteiger partial charge is 0.325 e. The maximum Gasteiger partial charge on any atom is 0.272 e. The molecule has 0 radical (unpaired) electrons. The molecule has 0 aliphatic carbocycles. The molecule has 2 heterocycles. The van der Waals surface area contributed by atoms with E-state index >= 15 is 0 Å². The van der Waals surface area contributed by atoms with Crippen molar-refractivity contribution < 1.29 is 0 Å². The summed E-state index contributed by atoms with van der Waals surface area (Å²) in [7, 11) is 1.85. The molecule has 0 spiro atoms. The second-order valence-corrected chi connectivity index (χ2v) is 6.60. The molecule has 2 aromatic heterocycles. The minimum Gasteiger partial charge on any atom is -0.325 e. The molecule has 28 heavy (non-hydrogen) atoms. The lowest BCUT2D eigenvalue weighted by atomic mass is 9.94. The molecule has 0 aliphatic heterocycles. The van der Waals surface area contributed by atoms with Gasteiger partial charge in [-0.3, -0.25) is 9.48 Å². The summed E-state index contributed by atoms with van der Waals surface area (Å²) in [4.78, 5) is 12.1. The molecule has 138 valence electrons. The van der Waals surface area contributed by atoms with Crippen molar-refractivity contribution in [3.8, 4) is 28.5 Å². The minimum absolute atomic E-state index is 0.215. The summed E-state index contributed by atoms with van der Waals surface area (Å²) >= 11 is 0. The van der Waals surface area contributed by atoms with Crippen molar-refractivity contribution in [2.24, 2.45) is 12.8 Å². The molecule has 0 fully saturated rings. The zero-order valence-electron chi connectivity index (χ0n) is 15.5. The minimum atomic E-state index is -0.254. The number of nitrogens with zero attached hydrogens (tertiary/aromatic N) is 4. The molecular weight excluding hydrogens is 352 g/mol. The second kappa shape index (κ2) is 6.76. The Morgan fingerprint density at radius 2 is 2.04 bits per heavy atom. The fraction of sp³-hybridized carbons (Fsp3) is 0.143. The summed E-state index contributed by atoms with van der Waals surface area (Å²) in [6.45, 7) is 2.13. The van der Waals surface area contributed by atoms with E-state index in [0.717, 1.165) is 27.9 Å². The van der Waals surface area contributed by atoms with Crippen molar-refractivity contribution in [2.75, 3.05) is 0 Å². The van der Waals surface area contributed by atoms with Crippen LogP contribution in [0.15, 0.2) is 47.4 Å². The molecule has 0 aliphatic rings. The Morgan fingerprint density at radius 1 is 1.21 bits per heavy atom. The predicted molar refractivity (Wildman–Crippen MR) is 107 cm³/mol. The standard InChI is InChI=1S/C21H18N6O/c1-12-4-3-5-14(17(12)9-22)20-18(11-24-27(20)2)13-6-7-15-16(8-13)19(10-23)25-26-21(15)28/h3-8,11H,10,23H2,1-2H3,(H,26,28). The molecule has 0 saturated heterocycles. The number of aryl methyl sites for hydroxylation is 2. The first-order chi connectivity index (χ1) is 13.5. The van der Waals surface area contributed by atoms with E-state index in [-0.39, 0.29) is 12.1 Å². The number of H-pyrrole nitrogens is 1. The van der Waals surface area contributed by atoms with Gasteiger partial charge in [-0.2, -0.15) is 15.5 Å². The van der Waals surface area contributed by atoms with E-state index in [0.29, 0.717) is 22.0 Å². The predicted octanol–water partition coefficient (Wildman–Crippen LogP) is 2.63. The van der Waals surface area contributed by atoms with Gasteiger partial charge >= 0.3 is 0 Å². The number of aromatic amines is 1. The molecule has 0 amide bonds. The maximum atomic E-state index is 12.1. The molecule has 2 aromatic carbocycles. The van der Waals surface area contributed by atoms with Crippen LogP contribution in [-0.4, -0.2) is 20.0 Å². The van der Waals surface area contributed by atoms with Gasteiger partial charge in [-0.05, 0) is 30.2 Å². The van der Waals surface area contributed by atoms with Gasteiger partial charge in [-0.25, -0.2) is 5.10 Å². The van der Waals surface area contributed by atoms with Crippen LogP contribution in [0.5, 0.6) is 0 Å². The number of hydrogen-bond donors (Lipinski definition) is 2. The van der Waals surface area contributed by atoms with Gasteiger partial charge in [0.2, 0.25) is 0 Å². The third-order valence-corrected chi connectivity index (χ3v) is 4.95. The first-order valence-electron chi connectivity index (χ1n) is 8.79. The summed E-state index contributed by atoms with van der Waals surface area (Å²) in [6, 6.07) is 13.6. The molecular formula is C21H18N6O. The zero-order chi connectivity index (χ0) is 19.8. The van der Waals surface area contributed by atoms with E-state index in [4.69, 9.17) is 5.73 Å². The molecule has 0 bridgehead atoms. The Balaban J connectivity index is 2.00. The van der Waals surface area contributed by atoms with Crippen molar-refractivity contribution in [3.63, 3.8) is 0 Å². The maximum absolute atomic E-state index is 12.1. The summed E-state index contributed by atoms with van der Waals surface area (Å²) in [5, 5.41) is 21.9. The lowest BCUT2D eigenvalue weighted by Crippen LogP contribution is -2.13. The van der Waals surface area contributed by atoms with Gasteiger partial charge in [0.1, 0.15) is 6.07 Å². The summed E-state index contributed by atoms with van der Waals surface area (Å²) < 4.78 is 1.76. The van der Waals surface area contributed by atoms with E-state index in [9.17, 15) is 10.1 Å². The quantitative estimate of drug-likeness (QED) is 0.575. The fourth-order valence-corrected chi connectivity index (χ4v) is 3.52. The Hall–Kier alpha value is -3.76. The van der Waals surface area contributed by atoms with Crippen LogP contribution in [0, 0.1) is 18.3 Å². The third kappa shape index (κ3) is 2.68. The molecule has 3 N–H and O–H groups in total. The first-order valence-corrected chi connectivity index (χ1v) is 8.79. The van der Waals surface area contributed by atoms with E-state index in [1.54, 1.807) is 16.9 Å². The number of nitrogens with two attached hydrogens (primary N) is 1. The van der Waals surface area contributed by atoms with E-state index in [2.05, 4.69) is 21.4 Å². The van der Waals surface area contributed by atoms with Gasteiger partial charge in [-0.1, -0.05) is 24.3 Å². The van der Waals surface area contributed by atoms with E-state index in [1.165, 1.54) is 0 Å². The Bertz CT molecular complexity index is 1310. The Morgan fingerprint density at radius 3 is 2.79 bits per heavy atom. The number of aromatic nitrogens is 4. The number of nitrogens with one attached hydrogen (secondary N) is 1. The van der Waals surface area contributed by atoms with Crippen molar-refractivity contribution >= 4 is 10.8 Å². The van der Waals surface area contributed by atoms with Crippen LogP contribution in [0.1, 0.15) is 16.8 Å². The SMILES string of the molecule is Cc1cccc(-c2c(-c3ccc4c(=O)[nH]nc(CN)c4c3)cnn2C)c1C#N. The van der Waals surface area contributed by atoms with Crippen LogP contribution in [-0.2, 0) is 13.6 Å². The van der Waals surface area contributed by atoms with Crippen molar-refractivity contribution in [3.05, 3.63) is 69.8 Å². The lowest BCUT2D eigenvalue weighted by Gasteiger charge is -2.11. The summed E-state index contributed by atoms with van der Waals surface area (Å²) in [5.41, 5.74) is 11.1. The molecule has 0 atom stereocenters. The first kappa shape index (κ1) is 17.6. The van der Waals surface area contributed by atoms with Gasteiger partial charge in [0.05, 0.1) is 28.5 Å². The smallest absolute Gasteiger partial charge is 0.272 e. The van der Waals surface area contributed by atoms with Crippen molar-refractivity contribution in [1.82, 2.24) is 20.0 Å². The highest BCUT2D eigenvalue weighted by molar-refractivity contribution is 5.91. The topological polar surface area (TPSA) is 113 Å². The Labute approximate surface area is 161 Å². The van der Waals surface area contributed by atoms with Crippen LogP contribution >= 0.6 is 0 Å². The van der Waals surface area contributed by atoms with Crippen LogP contribution in [0.2, 0.25) is 0 Å². The monoisotopic (exact) mass is 370 g/mol. The average Bonchev–Trinajstić information content (AvgIpc) is 3.09. The fourth-order valence-electron chi connectivity index (χ4n) is 3.52. The molecule has 7 nitrogen and oxygen atoms in total. The number of benzene rings is 2. The van der Waals surface area contributed by atoms with Crippen LogP contribution in [0.3, 0.4) is 0 Å². The Kier molecular flexibility index (Phi) is 4.26. The van der Waals surface area contributed by atoms with Gasteiger partial charge in [0, 0.05) is 30.1 Å². The number of rotatable bonds is 3. The molecule has 0 unspecified atom stereocenters. The normalized spacial score (nSPS) is 10.9. The highest BCUT2D eigenvalue weighted by Gasteiger charge is 2.18.